The standard InChI is InChI=1S/C19H18Cl2N2O4/c1-26-12-6-7-16(27-2)14(9-12)22-19(25)11-8-17(24)23(10-11)15-5-3-4-13(20)18(15)21/h3-7,9,11H,8,10H2,1-2H3,(H,22,25)/t11-/m1/s1. The van der Waals surface area contributed by atoms with Crippen LogP contribution in [0, 0.1) is 5.92 Å². The van der Waals surface area contributed by atoms with Gasteiger partial charge in [0.1, 0.15) is 11.5 Å². The van der Waals surface area contributed by atoms with Crippen molar-refractivity contribution in [2.45, 2.75) is 6.42 Å². The monoisotopic (exact) mass is 408 g/mol. The van der Waals surface area contributed by atoms with Crippen LogP contribution in [0.25, 0.3) is 0 Å². The van der Waals surface area contributed by atoms with Crippen molar-refractivity contribution >= 4 is 46.4 Å². The molecule has 1 aliphatic heterocycles. The van der Waals surface area contributed by atoms with Crippen molar-refractivity contribution < 1.29 is 19.1 Å². The summed E-state index contributed by atoms with van der Waals surface area (Å²) in [6.45, 7) is 0.219. The van der Waals surface area contributed by atoms with E-state index in [-0.39, 0.29) is 24.8 Å². The summed E-state index contributed by atoms with van der Waals surface area (Å²) in [4.78, 5) is 26.6. The molecule has 1 heterocycles. The summed E-state index contributed by atoms with van der Waals surface area (Å²) in [7, 11) is 3.05. The van der Waals surface area contributed by atoms with Gasteiger partial charge in [0, 0.05) is 19.0 Å². The maximum Gasteiger partial charge on any atom is 0.229 e. The van der Waals surface area contributed by atoms with E-state index >= 15 is 0 Å². The molecule has 0 aliphatic carbocycles. The number of anilines is 2. The molecule has 2 amide bonds. The van der Waals surface area contributed by atoms with Gasteiger partial charge in [0.25, 0.3) is 0 Å². The summed E-state index contributed by atoms with van der Waals surface area (Å²) in [5.41, 5.74) is 0.983. The predicted molar refractivity (Wildman–Crippen MR) is 105 cm³/mol. The van der Waals surface area contributed by atoms with Crippen LogP contribution in [0.2, 0.25) is 10.0 Å². The molecule has 27 heavy (non-hydrogen) atoms. The van der Waals surface area contributed by atoms with Crippen LogP contribution in [0.15, 0.2) is 36.4 Å². The minimum Gasteiger partial charge on any atom is -0.497 e. The van der Waals surface area contributed by atoms with E-state index in [0.29, 0.717) is 32.9 Å². The number of methoxy groups -OCH3 is 2. The van der Waals surface area contributed by atoms with Crippen LogP contribution in [0.3, 0.4) is 0 Å². The topological polar surface area (TPSA) is 67.9 Å². The van der Waals surface area contributed by atoms with Crippen LogP contribution in [-0.2, 0) is 9.59 Å². The number of halogens is 2. The largest absolute Gasteiger partial charge is 0.497 e. The van der Waals surface area contributed by atoms with Gasteiger partial charge in [0.2, 0.25) is 11.8 Å². The number of nitrogens with zero attached hydrogens (tertiary/aromatic N) is 1. The minimum atomic E-state index is -0.525. The number of hydrogen-bond acceptors (Lipinski definition) is 4. The van der Waals surface area contributed by atoms with Gasteiger partial charge in [-0.05, 0) is 24.3 Å². The Morgan fingerprint density at radius 3 is 2.67 bits per heavy atom. The van der Waals surface area contributed by atoms with E-state index in [4.69, 9.17) is 32.7 Å². The molecule has 1 atom stereocenters. The van der Waals surface area contributed by atoms with Crippen LogP contribution < -0.4 is 19.7 Å². The highest BCUT2D eigenvalue weighted by molar-refractivity contribution is 6.44. The lowest BCUT2D eigenvalue weighted by atomic mass is 10.1. The molecule has 1 saturated heterocycles. The summed E-state index contributed by atoms with van der Waals surface area (Å²) in [5, 5.41) is 3.47. The summed E-state index contributed by atoms with van der Waals surface area (Å²) < 4.78 is 10.5. The molecule has 1 aliphatic rings. The molecule has 1 fully saturated rings. The Kier molecular flexibility index (Phi) is 5.77. The molecule has 0 spiro atoms. The van der Waals surface area contributed by atoms with E-state index in [1.807, 2.05) is 0 Å². The number of hydrogen-bond donors (Lipinski definition) is 1. The number of ether oxygens (including phenoxy) is 2. The van der Waals surface area contributed by atoms with Crippen molar-refractivity contribution in [1.29, 1.82) is 0 Å². The Morgan fingerprint density at radius 2 is 1.96 bits per heavy atom. The Labute approximate surface area is 167 Å². The van der Waals surface area contributed by atoms with Crippen molar-refractivity contribution in [3.63, 3.8) is 0 Å². The average molecular weight is 409 g/mol. The van der Waals surface area contributed by atoms with Gasteiger partial charge in [-0.25, -0.2) is 0 Å². The zero-order chi connectivity index (χ0) is 19.6. The van der Waals surface area contributed by atoms with Crippen LogP contribution in [-0.4, -0.2) is 32.6 Å². The van der Waals surface area contributed by atoms with Gasteiger partial charge in [-0.15, -0.1) is 0 Å². The fourth-order valence-corrected chi connectivity index (χ4v) is 3.36. The summed E-state index contributed by atoms with van der Waals surface area (Å²) in [5.74, 6) is 0.0973. The van der Waals surface area contributed by atoms with Crippen molar-refractivity contribution in [3.8, 4) is 11.5 Å². The Balaban J connectivity index is 1.78. The highest BCUT2D eigenvalue weighted by Gasteiger charge is 2.36. The van der Waals surface area contributed by atoms with Gasteiger partial charge in [-0.1, -0.05) is 29.3 Å². The first-order chi connectivity index (χ1) is 12.9. The first kappa shape index (κ1) is 19.3. The molecule has 0 saturated carbocycles. The molecule has 1 N–H and O–H groups in total. The second-order valence-corrected chi connectivity index (χ2v) is 6.82. The van der Waals surface area contributed by atoms with Gasteiger partial charge in [-0.3, -0.25) is 9.59 Å². The van der Waals surface area contributed by atoms with E-state index in [9.17, 15) is 9.59 Å². The number of amides is 2. The van der Waals surface area contributed by atoms with Crippen LogP contribution in [0.1, 0.15) is 6.42 Å². The van der Waals surface area contributed by atoms with Gasteiger partial charge in [-0.2, -0.15) is 0 Å². The van der Waals surface area contributed by atoms with E-state index < -0.39 is 5.92 Å². The van der Waals surface area contributed by atoms with Gasteiger partial charge >= 0.3 is 0 Å². The quantitative estimate of drug-likeness (QED) is 0.811. The number of nitrogens with one attached hydrogen (secondary N) is 1. The predicted octanol–water partition coefficient (Wildman–Crippen LogP) is 4.00. The highest BCUT2D eigenvalue weighted by atomic mass is 35.5. The molecule has 2 aromatic carbocycles. The fraction of sp³-hybridized carbons (Fsp3) is 0.263. The molecule has 0 unspecified atom stereocenters. The maximum atomic E-state index is 12.7. The summed E-state index contributed by atoms with van der Waals surface area (Å²) in [6.07, 6.45) is 0.0843. The second kappa shape index (κ2) is 8.06. The van der Waals surface area contributed by atoms with E-state index in [1.165, 1.54) is 19.1 Å². The molecule has 0 radical (unpaired) electrons. The molecule has 0 bridgehead atoms. The first-order valence-corrected chi connectivity index (χ1v) is 8.97. The third-order valence-corrected chi connectivity index (χ3v) is 5.19. The average Bonchev–Trinajstić information content (AvgIpc) is 3.05. The first-order valence-electron chi connectivity index (χ1n) is 8.22. The third-order valence-electron chi connectivity index (χ3n) is 4.38. The molecule has 3 rings (SSSR count). The maximum absolute atomic E-state index is 12.7. The number of benzene rings is 2. The Morgan fingerprint density at radius 1 is 1.19 bits per heavy atom. The second-order valence-electron chi connectivity index (χ2n) is 6.03. The fourth-order valence-electron chi connectivity index (χ4n) is 2.96. The Bertz CT molecular complexity index is 888. The lowest BCUT2D eigenvalue weighted by Crippen LogP contribution is -2.28. The third kappa shape index (κ3) is 3.96. The van der Waals surface area contributed by atoms with E-state index in [2.05, 4.69) is 5.32 Å². The lowest BCUT2D eigenvalue weighted by molar-refractivity contribution is -0.122. The molecule has 2 aromatic rings. The van der Waals surface area contributed by atoms with Gasteiger partial charge < -0.3 is 19.7 Å². The number of carbonyl (C=O) groups is 2. The van der Waals surface area contributed by atoms with E-state index in [0.717, 1.165) is 0 Å². The van der Waals surface area contributed by atoms with E-state index in [1.54, 1.807) is 36.4 Å². The van der Waals surface area contributed by atoms with Crippen molar-refractivity contribution in [1.82, 2.24) is 0 Å². The zero-order valence-electron chi connectivity index (χ0n) is 14.8. The molecule has 0 aromatic heterocycles. The lowest BCUT2D eigenvalue weighted by Gasteiger charge is -2.19. The molecule has 8 heteroatoms. The highest BCUT2D eigenvalue weighted by Crippen LogP contribution is 2.36. The molecule has 6 nitrogen and oxygen atoms in total. The number of carbonyl (C=O) groups excluding carboxylic acids is 2. The van der Waals surface area contributed by atoms with Gasteiger partial charge in [0.15, 0.2) is 0 Å². The smallest absolute Gasteiger partial charge is 0.229 e. The minimum absolute atomic E-state index is 0.0843. The van der Waals surface area contributed by atoms with Crippen molar-refractivity contribution in [3.05, 3.63) is 46.4 Å². The molecular weight excluding hydrogens is 391 g/mol. The Hall–Kier alpha value is -2.44. The van der Waals surface area contributed by atoms with Gasteiger partial charge in [0.05, 0.1) is 41.6 Å². The summed E-state index contributed by atoms with van der Waals surface area (Å²) in [6, 6.07) is 10.2. The van der Waals surface area contributed by atoms with Crippen LogP contribution in [0.5, 0.6) is 11.5 Å². The molecular formula is C19H18Cl2N2O4. The molecule has 142 valence electrons. The van der Waals surface area contributed by atoms with Crippen LogP contribution >= 0.6 is 23.2 Å². The SMILES string of the molecule is COc1ccc(OC)c(NC(=O)[C@@H]2CC(=O)N(c3cccc(Cl)c3Cl)C2)c1. The number of rotatable bonds is 5. The summed E-state index contributed by atoms with van der Waals surface area (Å²) >= 11 is 12.2. The zero-order valence-corrected chi connectivity index (χ0v) is 16.3. The van der Waals surface area contributed by atoms with Crippen molar-refractivity contribution in [2.24, 2.45) is 5.92 Å². The van der Waals surface area contributed by atoms with Crippen LogP contribution in [0.4, 0.5) is 11.4 Å². The van der Waals surface area contributed by atoms with Crippen molar-refractivity contribution in [2.75, 3.05) is 31.0 Å². The normalized spacial score (nSPS) is 16.4.